The fourth-order valence-electron chi connectivity index (χ4n) is 1.84. The third kappa shape index (κ3) is 16.7. The molecule has 0 spiro atoms. The maximum atomic E-state index is 5.85. The first-order valence-corrected chi connectivity index (χ1v) is 11.1. The minimum atomic E-state index is -3.33. The summed E-state index contributed by atoms with van der Waals surface area (Å²) in [6.07, 6.45) is 0. The standard InChI is InChI=1S/C17H38O10Si/c1-5-24-28(25-15-12-21-9-6-18-2,26-16-13-22-10-7-19-3)27-17-14-23-11-8-20-4/h5-17H2,1-4H3. The Balaban J connectivity index is 4.39. The van der Waals surface area contributed by atoms with Crippen molar-refractivity contribution in [1.29, 1.82) is 0 Å². The highest BCUT2D eigenvalue weighted by molar-refractivity contribution is 6.53. The van der Waals surface area contributed by atoms with E-state index in [2.05, 4.69) is 0 Å². The van der Waals surface area contributed by atoms with E-state index in [0.29, 0.717) is 66.1 Å². The summed E-state index contributed by atoms with van der Waals surface area (Å²) in [7, 11) is 1.53. The molecule has 0 aliphatic heterocycles. The number of rotatable bonds is 23. The summed E-state index contributed by atoms with van der Waals surface area (Å²) in [5.41, 5.74) is 0. The smallest absolute Gasteiger partial charge is 0.382 e. The predicted octanol–water partition coefficient (Wildman–Crippen LogP) is 0.497. The second kappa shape index (κ2) is 21.5. The number of methoxy groups -OCH3 is 3. The van der Waals surface area contributed by atoms with E-state index in [9.17, 15) is 0 Å². The lowest BCUT2D eigenvalue weighted by Gasteiger charge is -2.27. The van der Waals surface area contributed by atoms with Gasteiger partial charge in [0.25, 0.3) is 0 Å². The fraction of sp³-hybridized carbons (Fsp3) is 1.00. The van der Waals surface area contributed by atoms with Crippen molar-refractivity contribution < 1.29 is 46.1 Å². The fourth-order valence-corrected chi connectivity index (χ4v) is 3.69. The van der Waals surface area contributed by atoms with Crippen molar-refractivity contribution in [2.45, 2.75) is 6.92 Å². The molecule has 0 aliphatic rings. The topological polar surface area (TPSA) is 92.3 Å². The Labute approximate surface area is 170 Å². The normalized spacial score (nSPS) is 12.0. The van der Waals surface area contributed by atoms with Crippen molar-refractivity contribution >= 4 is 9.05 Å². The van der Waals surface area contributed by atoms with Gasteiger partial charge < -0.3 is 46.1 Å². The van der Waals surface area contributed by atoms with Gasteiger partial charge in [-0.3, -0.25) is 0 Å². The molecule has 28 heavy (non-hydrogen) atoms. The zero-order valence-electron chi connectivity index (χ0n) is 17.8. The largest absolute Gasteiger partial charge is 0.679 e. The second-order valence-corrected chi connectivity index (χ2v) is 7.45. The van der Waals surface area contributed by atoms with Crippen LogP contribution in [0.2, 0.25) is 0 Å². The molecule has 0 fully saturated rings. The molecule has 10 nitrogen and oxygen atoms in total. The summed E-state index contributed by atoms with van der Waals surface area (Å²) in [5.74, 6) is 0. The van der Waals surface area contributed by atoms with Gasteiger partial charge in [-0.05, 0) is 6.92 Å². The van der Waals surface area contributed by atoms with Gasteiger partial charge in [0.05, 0.1) is 79.3 Å². The molecule has 11 heteroatoms. The highest BCUT2D eigenvalue weighted by Gasteiger charge is 2.45. The minimum absolute atomic E-state index is 0.283. The van der Waals surface area contributed by atoms with Gasteiger partial charge in [0, 0.05) is 27.9 Å². The summed E-state index contributed by atoms with van der Waals surface area (Å²) in [6.45, 7) is 7.30. The molecule has 0 heterocycles. The first-order valence-electron chi connectivity index (χ1n) is 9.50. The first-order chi connectivity index (χ1) is 13.7. The van der Waals surface area contributed by atoms with Crippen molar-refractivity contribution in [2.24, 2.45) is 0 Å². The molecule has 0 unspecified atom stereocenters. The van der Waals surface area contributed by atoms with Crippen LogP contribution in [0.1, 0.15) is 6.92 Å². The highest BCUT2D eigenvalue weighted by Crippen LogP contribution is 2.12. The SMILES string of the molecule is CCO[Si](OCCOCCOC)(OCCOCCOC)OCCOCCOC. The minimum Gasteiger partial charge on any atom is -0.382 e. The summed E-state index contributed by atoms with van der Waals surface area (Å²) in [6, 6.07) is 0. The van der Waals surface area contributed by atoms with E-state index in [1.807, 2.05) is 6.92 Å². The molecule has 0 bridgehead atoms. The van der Waals surface area contributed by atoms with Crippen molar-refractivity contribution in [3.8, 4) is 0 Å². The molecule has 0 rings (SSSR count). The summed E-state index contributed by atoms with van der Waals surface area (Å²) in [4.78, 5) is 0. The van der Waals surface area contributed by atoms with Crippen LogP contribution >= 0.6 is 0 Å². The van der Waals surface area contributed by atoms with E-state index in [0.717, 1.165) is 0 Å². The van der Waals surface area contributed by atoms with Crippen molar-refractivity contribution in [3.63, 3.8) is 0 Å². The van der Waals surface area contributed by atoms with Crippen LogP contribution in [-0.4, -0.2) is 116 Å². The van der Waals surface area contributed by atoms with E-state index < -0.39 is 9.05 Å². The number of ether oxygens (including phenoxy) is 6. The summed E-state index contributed by atoms with van der Waals surface area (Å²) in [5, 5.41) is 0. The molecule has 0 atom stereocenters. The quantitative estimate of drug-likeness (QED) is 0.168. The lowest BCUT2D eigenvalue weighted by molar-refractivity contribution is -0.0641. The molecule has 0 saturated heterocycles. The van der Waals surface area contributed by atoms with E-state index >= 15 is 0 Å². The zero-order valence-corrected chi connectivity index (χ0v) is 18.8. The predicted molar refractivity (Wildman–Crippen MR) is 103 cm³/mol. The van der Waals surface area contributed by atoms with Gasteiger partial charge in [0.15, 0.2) is 0 Å². The zero-order chi connectivity index (χ0) is 20.8. The van der Waals surface area contributed by atoms with Gasteiger partial charge in [-0.15, -0.1) is 0 Å². The summed E-state index contributed by atoms with van der Waals surface area (Å²) >= 11 is 0. The van der Waals surface area contributed by atoms with E-state index in [4.69, 9.17) is 46.1 Å². The van der Waals surface area contributed by atoms with Crippen LogP contribution in [0.5, 0.6) is 0 Å². The molecule has 0 radical (unpaired) electrons. The molecule has 0 aromatic heterocycles. The maximum absolute atomic E-state index is 5.85. The molecule has 0 saturated carbocycles. The Morgan fingerprint density at radius 3 is 1.04 bits per heavy atom. The Kier molecular flexibility index (Phi) is 21.4. The average molecular weight is 431 g/mol. The van der Waals surface area contributed by atoms with Gasteiger partial charge in [0.2, 0.25) is 0 Å². The highest BCUT2D eigenvalue weighted by atomic mass is 28.4. The summed E-state index contributed by atoms with van der Waals surface area (Å²) < 4.78 is 54.4. The third-order valence-electron chi connectivity index (χ3n) is 3.14. The van der Waals surface area contributed by atoms with Gasteiger partial charge >= 0.3 is 9.05 Å². The molecule has 0 aromatic carbocycles. The van der Waals surface area contributed by atoms with Gasteiger partial charge in [-0.1, -0.05) is 0 Å². The van der Waals surface area contributed by atoms with Crippen molar-refractivity contribution in [3.05, 3.63) is 0 Å². The van der Waals surface area contributed by atoms with Crippen LogP contribution < -0.4 is 0 Å². The molecule has 170 valence electrons. The number of hydrogen-bond acceptors (Lipinski definition) is 10. The van der Waals surface area contributed by atoms with Crippen LogP contribution in [-0.2, 0) is 46.1 Å². The Morgan fingerprint density at radius 1 is 0.429 bits per heavy atom. The lowest BCUT2D eigenvalue weighted by atomic mass is 10.7. The second-order valence-electron chi connectivity index (χ2n) is 5.29. The molecular formula is C17H38O10Si. The van der Waals surface area contributed by atoms with Crippen LogP contribution in [0.25, 0.3) is 0 Å². The Morgan fingerprint density at radius 2 is 0.750 bits per heavy atom. The van der Waals surface area contributed by atoms with E-state index in [1.54, 1.807) is 21.3 Å². The maximum Gasteiger partial charge on any atom is 0.679 e. The van der Waals surface area contributed by atoms with Crippen LogP contribution in [0.3, 0.4) is 0 Å². The average Bonchev–Trinajstić information content (AvgIpc) is 2.70. The molecule has 0 aliphatic carbocycles. The monoisotopic (exact) mass is 430 g/mol. The molecule has 0 aromatic rings. The third-order valence-corrected chi connectivity index (χ3v) is 5.45. The van der Waals surface area contributed by atoms with Gasteiger partial charge in [-0.25, -0.2) is 0 Å². The van der Waals surface area contributed by atoms with Crippen LogP contribution in [0.15, 0.2) is 0 Å². The van der Waals surface area contributed by atoms with E-state index in [-0.39, 0.29) is 19.8 Å². The van der Waals surface area contributed by atoms with Crippen molar-refractivity contribution in [2.75, 3.05) is 107 Å². The van der Waals surface area contributed by atoms with Crippen LogP contribution in [0, 0.1) is 0 Å². The first kappa shape index (κ1) is 27.8. The molecule has 0 amide bonds. The van der Waals surface area contributed by atoms with Crippen LogP contribution in [0.4, 0.5) is 0 Å². The van der Waals surface area contributed by atoms with Gasteiger partial charge in [-0.2, -0.15) is 0 Å². The Hall–Kier alpha value is -0.183. The van der Waals surface area contributed by atoms with E-state index in [1.165, 1.54) is 0 Å². The number of hydrogen-bond donors (Lipinski definition) is 0. The Bertz CT molecular complexity index is 271. The molecule has 0 N–H and O–H groups in total. The van der Waals surface area contributed by atoms with Crippen molar-refractivity contribution in [1.82, 2.24) is 0 Å². The lowest BCUT2D eigenvalue weighted by Crippen LogP contribution is -2.51. The van der Waals surface area contributed by atoms with Gasteiger partial charge in [0.1, 0.15) is 0 Å². The molecular weight excluding hydrogens is 392 g/mol.